The molecule has 0 saturated carbocycles. The van der Waals surface area contributed by atoms with Gasteiger partial charge < -0.3 is 4.57 Å². The van der Waals surface area contributed by atoms with E-state index < -0.39 is 10.0 Å². The van der Waals surface area contributed by atoms with E-state index in [9.17, 15) is 8.42 Å². The predicted molar refractivity (Wildman–Crippen MR) is 82.6 cm³/mol. The van der Waals surface area contributed by atoms with E-state index >= 15 is 0 Å². The number of benzene rings is 1. The Hall–Kier alpha value is -1.37. The number of hydrogen-bond donors (Lipinski definition) is 0. The Bertz CT molecular complexity index is 740. The lowest BCUT2D eigenvalue weighted by atomic mass is 10.1. The fourth-order valence-corrected chi connectivity index (χ4v) is 3.43. The number of hydrogen-bond acceptors (Lipinski definition) is 3. The Kier molecular flexibility index (Phi) is 4.70. The summed E-state index contributed by atoms with van der Waals surface area (Å²) in [7, 11) is -0.180. The number of imidazole rings is 1. The topological polar surface area (TPSA) is 55.2 Å². The van der Waals surface area contributed by atoms with Crippen molar-refractivity contribution in [3.8, 4) is 0 Å². The minimum atomic E-state index is -3.56. The van der Waals surface area contributed by atoms with Crippen molar-refractivity contribution < 1.29 is 8.42 Å². The quantitative estimate of drug-likeness (QED) is 0.792. The molecule has 0 amide bonds. The molecule has 0 aliphatic rings. The molecule has 0 saturated heterocycles. The second-order valence-corrected chi connectivity index (χ2v) is 7.25. The van der Waals surface area contributed by atoms with E-state index in [-0.39, 0.29) is 17.3 Å². The molecule has 114 valence electrons. The average Bonchev–Trinajstić information content (AvgIpc) is 2.84. The molecule has 0 fully saturated rings. The second-order valence-electron chi connectivity index (χ2n) is 4.94. The highest BCUT2D eigenvalue weighted by Crippen LogP contribution is 2.21. The van der Waals surface area contributed by atoms with E-state index in [0.717, 1.165) is 11.1 Å². The van der Waals surface area contributed by atoms with Crippen molar-refractivity contribution in [1.29, 1.82) is 0 Å². The summed E-state index contributed by atoms with van der Waals surface area (Å²) in [6.07, 6.45) is 3.43. The van der Waals surface area contributed by atoms with Crippen molar-refractivity contribution in [2.75, 3.05) is 7.05 Å². The molecule has 0 N–H and O–H groups in total. The zero-order valence-corrected chi connectivity index (χ0v) is 13.8. The van der Waals surface area contributed by atoms with Crippen molar-refractivity contribution in [2.24, 2.45) is 7.05 Å². The number of sulfonamides is 1. The Morgan fingerprint density at radius 2 is 2.10 bits per heavy atom. The van der Waals surface area contributed by atoms with Gasteiger partial charge in [-0.25, -0.2) is 13.4 Å². The number of aromatic nitrogens is 2. The first-order valence-corrected chi connectivity index (χ1v) is 8.41. The van der Waals surface area contributed by atoms with Crippen molar-refractivity contribution in [3.63, 3.8) is 0 Å². The largest absolute Gasteiger partial charge is 0.337 e. The molecular formula is C14H18ClN3O2S. The van der Waals surface area contributed by atoms with Gasteiger partial charge in [0, 0.05) is 32.4 Å². The van der Waals surface area contributed by atoms with Gasteiger partial charge in [-0.05, 0) is 30.2 Å². The minimum Gasteiger partial charge on any atom is -0.337 e. The molecule has 0 radical (unpaired) electrons. The van der Waals surface area contributed by atoms with Crippen LogP contribution in [0.3, 0.4) is 0 Å². The summed E-state index contributed by atoms with van der Waals surface area (Å²) < 4.78 is 28.3. The zero-order valence-electron chi connectivity index (χ0n) is 12.2. The van der Waals surface area contributed by atoms with Crippen LogP contribution in [0.2, 0.25) is 0 Å². The number of rotatable bonds is 5. The molecule has 2 aromatic rings. The maximum Gasteiger partial charge on any atom is 0.243 e. The lowest BCUT2D eigenvalue weighted by Gasteiger charge is -2.17. The smallest absolute Gasteiger partial charge is 0.243 e. The second kappa shape index (κ2) is 6.17. The molecular weight excluding hydrogens is 310 g/mol. The van der Waals surface area contributed by atoms with Gasteiger partial charge in [0.15, 0.2) is 0 Å². The van der Waals surface area contributed by atoms with Crippen LogP contribution in [0.5, 0.6) is 0 Å². The first-order chi connectivity index (χ1) is 9.86. The molecule has 1 aromatic carbocycles. The summed E-state index contributed by atoms with van der Waals surface area (Å²) in [5.41, 5.74) is 1.80. The van der Waals surface area contributed by atoms with Gasteiger partial charge in [-0.15, -0.1) is 11.6 Å². The average molecular weight is 328 g/mol. The van der Waals surface area contributed by atoms with Gasteiger partial charge in [-0.3, -0.25) is 0 Å². The summed E-state index contributed by atoms with van der Waals surface area (Å²) in [6, 6.07) is 5.02. The molecule has 1 heterocycles. The summed E-state index contributed by atoms with van der Waals surface area (Å²) in [5, 5.41) is 0. The molecule has 7 heteroatoms. The standard InChI is InChI=1S/C14H18ClN3O2S/c1-11-4-5-13(8-12(11)9-15)21(19,20)18(3)10-14-16-6-7-17(14)2/h4-8H,9-10H2,1-3H3. The van der Waals surface area contributed by atoms with Gasteiger partial charge in [0.25, 0.3) is 0 Å². The first kappa shape index (κ1) is 16.0. The summed E-state index contributed by atoms with van der Waals surface area (Å²) in [4.78, 5) is 4.40. The number of halogens is 1. The van der Waals surface area contributed by atoms with Gasteiger partial charge >= 0.3 is 0 Å². The molecule has 0 aliphatic carbocycles. The minimum absolute atomic E-state index is 0.218. The van der Waals surface area contributed by atoms with Crippen molar-refractivity contribution in [2.45, 2.75) is 24.2 Å². The third-order valence-corrected chi connectivity index (χ3v) is 5.55. The van der Waals surface area contributed by atoms with E-state index in [1.54, 1.807) is 42.2 Å². The van der Waals surface area contributed by atoms with Gasteiger partial charge in [-0.2, -0.15) is 4.31 Å². The van der Waals surface area contributed by atoms with Crippen LogP contribution < -0.4 is 0 Å². The summed E-state index contributed by atoms with van der Waals surface area (Å²) in [5.74, 6) is 0.976. The maximum atomic E-state index is 12.6. The fourth-order valence-electron chi connectivity index (χ4n) is 1.97. The van der Waals surface area contributed by atoms with Gasteiger partial charge in [0.2, 0.25) is 10.0 Å². The van der Waals surface area contributed by atoms with Crippen LogP contribution in [-0.4, -0.2) is 29.3 Å². The zero-order chi connectivity index (χ0) is 15.6. The van der Waals surface area contributed by atoms with E-state index in [1.165, 1.54) is 4.31 Å². The normalized spacial score (nSPS) is 12.0. The summed E-state index contributed by atoms with van der Waals surface area (Å²) in [6.45, 7) is 2.13. The lowest BCUT2D eigenvalue weighted by molar-refractivity contribution is 0.451. The molecule has 0 aliphatic heterocycles. The van der Waals surface area contributed by atoms with E-state index in [2.05, 4.69) is 4.98 Å². The van der Waals surface area contributed by atoms with Crippen LogP contribution in [0, 0.1) is 6.92 Å². The van der Waals surface area contributed by atoms with Crippen molar-refractivity contribution in [3.05, 3.63) is 47.5 Å². The Morgan fingerprint density at radius 1 is 1.38 bits per heavy atom. The predicted octanol–water partition coefficient (Wildman–Crippen LogP) is 2.29. The van der Waals surface area contributed by atoms with Crippen LogP contribution in [0.1, 0.15) is 17.0 Å². The third-order valence-electron chi connectivity index (χ3n) is 3.46. The summed E-state index contributed by atoms with van der Waals surface area (Å²) >= 11 is 5.85. The monoisotopic (exact) mass is 327 g/mol. The van der Waals surface area contributed by atoms with Crippen molar-refractivity contribution >= 4 is 21.6 Å². The molecule has 21 heavy (non-hydrogen) atoms. The first-order valence-electron chi connectivity index (χ1n) is 6.44. The maximum absolute atomic E-state index is 12.6. The van der Waals surface area contributed by atoms with Crippen molar-refractivity contribution in [1.82, 2.24) is 13.9 Å². The third kappa shape index (κ3) is 3.28. The van der Waals surface area contributed by atoms with E-state index in [0.29, 0.717) is 5.82 Å². The highest BCUT2D eigenvalue weighted by molar-refractivity contribution is 7.89. The Labute approximate surface area is 130 Å². The van der Waals surface area contributed by atoms with Crippen LogP contribution >= 0.6 is 11.6 Å². The number of aryl methyl sites for hydroxylation is 2. The molecule has 5 nitrogen and oxygen atoms in total. The molecule has 0 unspecified atom stereocenters. The fraction of sp³-hybridized carbons (Fsp3) is 0.357. The van der Waals surface area contributed by atoms with Gasteiger partial charge in [-0.1, -0.05) is 6.07 Å². The Balaban J connectivity index is 2.31. The lowest BCUT2D eigenvalue weighted by Crippen LogP contribution is -2.27. The SMILES string of the molecule is Cc1ccc(S(=O)(=O)N(C)Cc2nccn2C)cc1CCl. The highest BCUT2D eigenvalue weighted by Gasteiger charge is 2.22. The van der Waals surface area contributed by atoms with Crippen LogP contribution in [-0.2, 0) is 29.5 Å². The van der Waals surface area contributed by atoms with Gasteiger partial charge in [0.05, 0.1) is 11.4 Å². The molecule has 1 aromatic heterocycles. The van der Waals surface area contributed by atoms with Crippen LogP contribution in [0.15, 0.2) is 35.5 Å². The van der Waals surface area contributed by atoms with E-state index in [4.69, 9.17) is 11.6 Å². The van der Waals surface area contributed by atoms with E-state index in [1.807, 2.05) is 14.0 Å². The van der Waals surface area contributed by atoms with Crippen LogP contribution in [0.4, 0.5) is 0 Å². The highest BCUT2D eigenvalue weighted by atomic mass is 35.5. The van der Waals surface area contributed by atoms with Crippen LogP contribution in [0.25, 0.3) is 0 Å². The molecule has 0 atom stereocenters. The molecule has 2 rings (SSSR count). The molecule has 0 spiro atoms. The Morgan fingerprint density at radius 3 is 2.67 bits per heavy atom. The number of nitrogens with zero attached hydrogens (tertiary/aromatic N) is 3. The van der Waals surface area contributed by atoms with Gasteiger partial charge in [0.1, 0.15) is 5.82 Å². The molecule has 0 bridgehead atoms. The number of alkyl halides is 1.